The number of rotatable bonds is 4. The van der Waals surface area contributed by atoms with Gasteiger partial charge in [-0.15, -0.1) is 0 Å². The zero-order chi connectivity index (χ0) is 12.1. The van der Waals surface area contributed by atoms with Crippen molar-refractivity contribution in [3.05, 3.63) is 22.2 Å². The third kappa shape index (κ3) is 4.07. The summed E-state index contributed by atoms with van der Waals surface area (Å²) in [5.74, 6) is 0. The molecule has 0 bridgehead atoms. The van der Waals surface area contributed by atoms with Crippen LogP contribution in [0.4, 0.5) is 0 Å². The molecule has 1 aliphatic rings. The molecule has 94 valence electrons. The third-order valence-corrected chi connectivity index (χ3v) is 3.28. The summed E-state index contributed by atoms with van der Waals surface area (Å²) in [6.45, 7) is 2.20. The Morgan fingerprint density at radius 3 is 3.00 bits per heavy atom. The Bertz CT molecular complexity index is 370. The number of nitrogens with zero attached hydrogens (tertiary/aromatic N) is 2. The van der Waals surface area contributed by atoms with Crippen LogP contribution in [-0.2, 0) is 11.3 Å². The lowest BCUT2D eigenvalue weighted by molar-refractivity contribution is 0.0908. The highest BCUT2D eigenvalue weighted by atomic mass is 35.5. The molecule has 1 aromatic heterocycles. The zero-order valence-corrected chi connectivity index (χ0v) is 11.0. The minimum Gasteiger partial charge on any atom is -0.375 e. The van der Waals surface area contributed by atoms with Crippen LogP contribution in [0.25, 0.3) is 0 Å². The van der Waals surface area contributed by atoms with Gasteiger partial charge in [0.25, 0.3) is 0 Å². The summed E-state index contributed by atoms with van der Waals surface area (Å²) in [5, 5.41) is 3.94. The van der Waals surface area contributed by atoms with Gasteiger partial charge in [-0.3, -0.25) is 0 Å². The summed E-state index contributed by atoms with van der Waals surface area (Å²) in [6, 6.07) is 0.454. The normalized spacial score (nSPS) is 20.5. The maximum atomic E-state index is 5.92. The first-order valence-electron chi connectivity index (χ1n) is 5.74. The van der Waals surface area contributed by atoms with E-state index < -0.39 is 0 Å². The number of aromatic nitrogens is 2. The second-order valence-electron chi connectivity index (χ2n) is 4.12. The van der Waals surface area contributed by atoms with Crippen LogP contribution >= 0.6 is 23.2 Å². The SMILES string of the molecule is Clc1ncc(COCC2CCCCN2)c(Cl)n1. The molecule has 6 heteroatoms. The smallest absolute Gasteiger partial charge is 0.223 e. The molecule has 1 atom stereocenters. The Morgan fingerprint density at radius 1 is 1.41 bits per heavy atom. The van der Waals surface area contributed by atoms with Crippen molar-refractivity contribution in [2.75, 3.05) is 13.2 Å². The van der Waals surface area contributed by atoms with E-state index in [2.05, 4.69) is 15.3 Å². The van der Waals surface area contributed by atoms with Crippen LogP contribution in [0, 0.1) is 0 Å². The molecule has 0 radical (unpaired) electrons. The maximum absolute atomic E-state index is 5.92. The van der Waals surface area contributed by atoms with Gasteiger partial charge in [-0.25, -0.2) is 9.97 Å². The second kappa shape index (κ2) is 6.50. The molecule has 2 rings (SSSR count). The van der Waals surface area contributed by atoms with Crippen LogP contribution in [-0.4, -0.2) is 29.2 Å². The third-order valence-electron chi connectivity index (χ3n) is 2.77. The predicted molar refractivity (Wildman–Crippen MR) is 67.3 cm³/mol. The average Bonchev–Trinajstić information content (AvgIpc) is 2.33. The van der Waals surface area contributed by atoms with E-state index in [4.69, 9.17) is 27.9 Å². The van der Waals surface area contributed by atoms with Crippen molar-refractivity contribution in [3.8, 4) is 0 Å². The second-order valence-corrected chi connectivity index (χ2v) is 4.81. The summed E-state index contributed by atoms with van der Waals surface area (Å²) < 4.78 is 5.61. The molecule has 1 unspecified atom stereocenters. The number of nitrogens with one attached hydrogen (secondary N) is 1. The lowest BCUT2D eigenvalue weighted by atomic mass is 10.1. The molecule has 1 saturated heterocycles. The van der Waals surface area contributed by atoms with Crippen molar-refractivity contribution >= 4 is 23.2 Å². The van der Waals surface area contributed by atoms with Crippen molar-refractivity contribution in [1.82, 2.24) is 15.3 Å². The molecule has 17 heavy (non-hydrogen) atoms. The Labute approximate surface area is 111 Å². The highest BCUT2D eigenvalue weighted by molar-refractivity contribution is 6.32. The summed E-state index contributed by atoms with van der Waals surface area (Å²) >= 11 is 11.5. The topological polar surface area (TPSA) is 47.0 Å². The molecule has 0 aliphatic carbocycles. The minimum atomic E-state index is 0.160. The lowest BCUT2D eigenvalue weighted by Gasteiger charge is -2.23. The van der Waals surface area contributed by atoms with Gasteiger partial charge in [0.15, 0.2) is 0 Å². The van der Waals surface area contributed by atoms with Gasteiger partial charge in [-0.1, -0.05) is 18.0 Å². The minimum absolute atomic E-state index is 0.160. The van der Waals surface area contributed by atoms with Crippen LogP contribution in [0.1, 0.15) is 24.8 Å². The fourth-order valence-electron chi connectivity index (χ4n) is 1.84. The van der Waals surface area contributed by atoms with Gasteiger partial charge in [-0.2, -0.15) is 0 Å². The lowest BCUT2D eigenvalue weighted by Crippen LogP contribution is -2.37. The molecule has 1 aromatic rings. The Morgan fingerprint density at radius 2 is 2.29 bits per heavy atom. The maximum Gasteiger partial charge on any atom is 0.223 e. The molecule has 0 aromatic carbocycles. The Hall–Kier alpha value is -0.420. The van der Waals surface area contributed by atoms with Crippen molar-refractivity contribution in [2.45, 2.75) is 31.9 Å². The highest BCUT2D eigenvalue weighted by Gasteiger charge is 2.12. The van der Waals surface area contributed by atoms with E-state index in [-0.39, 0.29) is 5.28 Å². The van der Waals surface area contributed by atoms with E-state index in [0.29, 0.717) is 24.4 Å². The van der Waals surface area contributed by atoms with E-state index in [1.54, 1.807) is 6.20 Å². The molecule has 0 saturated carbocycles. The monoisotopic (exact) mass is 275 g/mol. The van der Waals surface area contributed by atoms with E-state index in [1.807, 2.05) is 0 Å². The number of ether oxygens (including phenoxy) is 1. The molecule has 0 spiro atoms. The number of halogens is 2. The van der Waals surface area contributed by atoms with E-state index >= 15 is 0 Å². The van der Waals surface area contributed by atoms with Gasteiger partial charge in [0.1, 0.15) is 5.15 Å². The Kier molecular flexibility index (Phi) is 4.98. The van der Waals surface area contributed by atoms with Gasteiger partial charge in [0.2, 0.25) is 5.28 Å². The van der Waals surface area contributed by atoms with Crippen molar-refractivity contribution < 1.29 is 4.74 Å². The van der Waals surface area contributed by atoms with Crippen molar-refractivity contribution in [3.63, 3.8) is 0 Å². The molecule has 0 amide bonds. The van der Waals surface area contributed by atoms with Crippen LogP contribution in [0.2, 0.25) is 10.4 Å². The summed E-state index contributed by atoms with van der Waals surface area (Å²) in [4.78, 5) is 7.74. The number of piperidine rings is 1. The standard InChI is InChI=1S/C11H15Cl2N3O/c12-10-8(5-15-11(13)16-10)6-17-7-9-3-1-2-4-14-9/h5,9,14H,1-4,6-7H2. The molecule has 1 fully saturated rings. The van der Waals surface area contributed by atoms with Crippen LogP contribution in [0.3, 0.4) is 0 Å². The van der Waals surface area contributed by atoms with Crippen LogP contribution < -0.4 is 5.32 Å². The highest BCUT2D eigenvalue weighted by Crippen LogP contribution is 2.15. The average molecular weight is 276 g/mol. The number of hydrogen-bond donors (Lipinski definition) is 1. The van der Waals surface area contributed by atoms with Gasteiger partial charge < -0.3 is 10.1 Å². The van der Waals surface area contributed by atoms with Gasteiger partial charge in [0.05, 0.1) is 13.2 Å². The fraction of sp³-hybridized carbons (Fsp3) is 0.636. The summed E-state index contributed by atoms with van der Waals surface area (Å²) in [5.41, 5.74) is 0.770. The van der Waals surface area contributed by atoms with Crippen LogP contribution in [0.15, 0.2) is 6.20 Å². The van der Waals surface area contributed by atoms with Gasteiger partial charge in [-0.05, 0) is 31.0 Å². The van der Waals surface area contributed by atoms with E-state index in [1.165, 1.54) is 19.3 Å². The molecule has 1 aliphatic heterocycles. The first-order chi connectivity index (χ1) is 8.25. The van der Waals surface area contributed by atoms with Gasteiger partial charge in [0, 0.05) is 17.8 Å². The van der Waals surface area contributed by atoms with Crippen molar-refractivity contribution in [2.24, 2.45) is 0 Å². The fourth-order valence-corrected chi connectivity index (χ4v) is 2.20. The molecular weight excluding hydrogens is 261 g/mol. The largest absolute Gasteiger partial charge is 0.375 e. The predicted octanol–water partition coefficient (Wildman–Crippen LogP) is 2.44. The van der Waals surface area contributed by atoms with Crippen LogP contribution in [0.5, 0.6) is 0 Å². The first-order valence-corrected chi connectivity index (χ1v) is 6.49. The van der Waals surface area contributed by atoms with Gasteiger partial charge >= 0.3 is 0 Å². The van der Waals surface area contributed by atoms with E-state index in [0.717, 1.165) is 12.1 Å². The summed E-state index contributed by atoms with van der Waals surface area (Å²) in [6.07, 6.45) is 5.30. The summed E-state index contributed by atoms with van der Waals surface area (Å²) in [7, 11) is 0. The van der Waals surface area contributed by atoms with Crippen molar-refractivity contribution in [1.29, 1.82) is 0 Å². The Balaban J connectivity index is 1.77. The number of hydrogen-bond acceptors (Lipinski definition) is 4. The molecular formula is C11H15Cl2N3O. The molecule has 4 nitrogen and oxygen atoms in total. The molecule has 2 heterocycles. The van der Waals surface area contributed by atoms with E-state index in [9.17, 15) is 0 Å². The quantitative estimate of drug-likeness (QED) is 0.677. The zero-order valence-electron chi connectivity index (χ0n) is 9.46. The molecule has 1 N–H and O–H groups in total. The first kappa shape index (κ1) is 13.0.